The molecule has 0 radical (unpaired) electrons. The van der Waals surface area contributed by atoms with E-state index in [-0.39, 0.29) is 17.2 Å². The topological polar surface area (TPSA) is 84.5 Å². The zero-order valence-corrected chi connectivity index (χ0v) is 15.9. The van der Waals surface area contributed by atoms with E-state index in [1.54, 1.807) is 12.1 Å². The minimum absolute atomic E-state index is 0.254. The number of sulfonamides is 1. The minimum atomic E-state index is -4.66. The van der Waals surface area contributed by atoms with Gasteiger partial charge in [-0.2, -0.15) is 13.2 Å². The standard InChI is InChI=1S/C18H19F3N2O4S/c1-12-7-13(2)9-15(8-12)27-10-17(24)23-14-3-5-16(6-4-14)28(25,26)22-11-18(19,20)21/h3-9,22H,10-11H2,1-2H3,(H,23,24). The fraction of sp³-hybridized carbons (Fsp3) is 0.278. The number of alkyl halides is 3. The van der Waals surface area contributed by atoms with Gasteiger partial charge in [-0.3, -0.25) is 4.79 Å². The van der Waals surface area contributed by atoms with Gasteiger partial charge in [0.1, 0.15) is 12.3 Å². The predicted octanol–water partition coefficient (Wildman–Crippen LogP) is 3.16. The van der Waals surface area contributed by atoms with Crippen LogP contribution in [-0.4, -0.2) is 33.7 Å². The Hall–Kier alpha value is -2.59. The van der Waals surface area contributed by atoms with Crippen LogP contribution < -0.4 is 14.8 Å². The lowest BCUT2D eigenvalue weighted by molar-refractivity contribution is -0.121. The Labute approximate surface area is 160 Å². The molecule has 0 atom stereocenters. The van der Waals surface area contributed by atoms with Crippen LogP contribution in [0.3, 0.4) is 0 Å². The van der Waals surface area contributed by atoms with Crippen LogP contribution in [0.2, 0.25) is 0 Å². The Morgan fingerprint density at radius 1 is 1.04 bits per heavy atom. The van der Waals surface area contributed by atoms with Crippen molar-refractivity contribution < 1.29 is 31.1 Å². The van der Waals surface area contributed by atoms with Gasteiger partial charge >= 0.3 is 6.18 Å². The molecule has 0 spiro atoms. The Morgan fingerprint density at radius 2 is 1.61 bits per heavy atom. The first-order valence-electron chi connectivity index (χ1n) is 8.12. The van der Waals surface area contributed by atoms with Gasteiger partial charge in [-0.1, -0.05) is 6.07 Å². The number of aryl methyl sites for hydroxylation is 2. The molecule has 28 heavy (non-hydrogen) atoms. The van der Waals surface area contributed by atoms with Crippen LogP contribution in [0, 0.1) is 13.8 Å². The molecule has 0 aliphatic heterocycles. The highest BCUT2D eigenvalue weighted by Gasteiger charge is 2.30. The summed E-state index contributed by atoms with van der Waals surface area (Å²) in [6.07, 6.45) is -4.66. The second kappa shape index (κ2) is 8.61. The van der Waals surface area contributed by atoms with E-state index in [1.807, 2.05) is 19.9 Å². The fourth-order valence-electron chi connectivity index (χ4n) is 2.34. The second-order valence-corrected chi connectivity index (χ2v) is 7.89. The lowest BCUT2D eigenvalue weighted by atomic mass is 10.1. The first-order chi connectivity index (χ1) is 12.9. The van der Waals surface area contributed by atoms with Gasteiger partial charge in [-0.15, -0.1) is 0 Å². The van der Waals surface area contributed by atoms with Gasteiger partial charge < -0.3 is 10.1 Å². The molecule has 152 valence electrons. The molecule has 0 aliphatic rings. The molecule has 0 bridgehead atoms. The van der Waals surface area contributed by atoms with Crippen LogP contribution in [-0.2, 0) is 14.8 Å². The third-order valence-electron chi connectivity index (χ3n) is 3.48. The molecule has 0 unspecified atom stereocenters. The van der Waals surface area contributed by atoms with Gasteiger partial charge in [0.2, 0.25) is 10.0 Å². The highest BCUT2D eigenvalue weighted by molar-refractivity contribution is 7.89. The van der Waals surface area contributed by atoms with E-state index in [1.165, 1.54) is 16.9 Å². The average molecular weight is 416 g/mol. The summed E-state index contributed by atoms with van der Waals surface area (Å²) in [6.45, 7) is 1.89. The predicted molar refractivity (Wildman–Crippen MR) is 97.7 cm³/mol. The van der Waals surface area contributed by atoms with Crippen molar-refractivity contribution in [3.63, 3.8) is 0 Å². The van der Waals surface area contributed by atoms with E-state index < -0.39 is 28.7 Å². The van der Waals surface area contributed by atoms with Crippen LogP contribution in [0.25, 0.3) is 0 Å². The maximum atomic E-state index is 12.2. The van der Waals surface area contributed by atoms with E-state index >= 15 is 0 Å². The van der Waals surface area contributed by atoms with Gasteiger partial charge in [0.25, 0.3) is 5.91 Å². The van der Waals surface area contributed by atoms with Crippen molar-refractivity contribution >= 4 is 21.6 Å². The molecule has 0 saturated carbocycles. The number of rotatable bonds is 7. The summed E-state index contributed by atoms with van der Waals surface area (Å²) >= 11 is 0. The molecule has 6 nitrogen and oxygen atoms in total. The third kappa shape index (κ3) is 6.86. The van der Waals surface area contributed by atoms with Gasteiger partial charge in [-0.05, 0) is 61.4 Å². The number of carbonyl (C=O) groups is 1. The molecular formula is C18H19F3N2O4S. The van der Waals surface area contributed by atoms with Gasteiger partial charge in [0.05, 0.1) is 4.90 Å². The van der Waals surface area contributed by atoms with Crippen molar-refractivity contribution in [1.82, 2.24) is 4.72 Å². The summed E-state index contributed by atoms with van der Waals surface area (Å²) in [7, 11) is -4.30. The van der Waals surface area contributed by atoms with Crippen molar-refractivity contribution in [3.05, 3.63) is 53.6 Å². The van der Waals surface area contributed by atoms with Crippen molar-refractivity contribution in [2.45, 2.75) is 24.9 Å². The number of ether oxygens (including phenoxy) is 1. The number of benzene rings is 2. The smallest absolute Gasteiger partial charge is 0.402 e. The Balaban J connectivity index is 1.93. The molecule has 2 aromatic carbocycles. The van der Waals surface area contributed by atoms with Crippen molar-refractivity contribution in [1.29, 1.82) is 0 Å². The Kier molecular flexibility index (Phi) is 6.68. The first-order valence-corrected chi connectivity index (χ1v) is 9.60. The Bertz CT molecular complexity index is 922. The second-order valence-electron chi connectivity index (χ2n) is 6.12. The van der Waals surface area contributed by atoms with Crippen LogP contribution in [0.4, 0.5) is 18.9 Å². The van der Waals surface area contributed by atoms with E-state index in [0.29, 0.717) is 5.75 Å². The summed E-state index contributed by atoms with van der Waals surface area (Å²) in [5.41, 5.74) is 2.27. The van der Waals surface area contributed by atoms with Crippen molar-refractivity contribution in [3.8, 4) is 5.75 Å². The number of hydrogen-bond donors (Lipinski definition) is 2. The molecule has 2 aromatic rings. The van der Waals surface area contributed by atoms with E-state index in [0.717, 1.165) is 23.3 Å². The summed E-state index contributed by atoms with van der Waals surface area (Å²) in [6, 6.07) is 10.3. The normalized spacial score (nSPS) is 11.9. The SMILES string of the molecule is Cc1cc(C)cc(OCC(=O)Nc2ccc(S(=O)(=O)NCC(F)(F)F)cc2)c1. The number of nitrogens with one attached hydrogen (secondary N) is 2. The lowest BCUT2D eigenvalue weighted by Crippen LogP contribution is -2.33. The van der Waals surface area contributed by atoms with E-state index in [9.17, 15) is 26.4 Å². The summed E-state index contributed by atoms with van der Waals surface area (Å²) < 4.78 is 67.0. The van der Waals surface area contributed by atoms with Crippen molar-refractivity contribution in [2.24, 2.45) is 0 Å². The quantitative estimate of drug-likeness (QED) is 0.726. The summed E-state index contributed by atoms with van der Waals surface area (Å²) in [4.78, 5) is 11.6. The van der Waals surface area contributed by atoms with Gasteiger partial charge in [0.15, 0.2) is 6.61 Å². The van der Waals surface area contributed by atoms with E-state index in [2.05, 4.69) is 5.32 Å². The number of halogens is 3. The van der Waals surface area contributed by atoms with Crippen LogP contribution in [0.5, 0.6) is 5.75 Å². The summed E-state index contributed by atoms with van der Waals surface area (Å²) in [5, 5.41) is 2.52. The monoisotopic (exact) mass is 416 g/mol. The molecule has 0 aliphatic carbocycles. The molecule has 10 heteroatoms. The number of amides is 1. The summed E-state index contributed by atoms with van der Waals surface area (Å²) in [5.74, 6) is 0.0785. The number of hydrogen-bond acceptors (Lipinski definition) is 4. The molecule has 0 fully saturated rings. The van der Waals surface area contributed by atoms with Crippen LogP contribution >= 0.6 is 0 Å². The van der Waals surface area contributed by atoms with Gasteiger partial charge in [0, 0.05) is 5.69 Å². The van der Waals surface area contributed by atoms with Crippen LogP contribution in [0.1, 0.15) is 11.1 Å². The zero-order chi connectivity index (χ0) is 20.9. The molecule has 0 saturated heterocycles. The molecule has 2 rings (SSSR count). The highest BCUT2D eigenvalue weighted by atomic mass is 32.2. The maximum absolute atomic E-state index is 12.2. The minimum Gasteiger partial charge on any atom is -0.484 e. The maximum Gasteiger partial charge on any atom is 0.402 e. The Morgan fingerprint density at radius 3 is 2.14 bits per heavy atom. The lowest BCUT2D eigenvalue weighted by Gasteiger charge is -2.11. The fourth-order valence-corrected chi connectivity index (χ4v) is 3.35. The molecule has 0 aromatic heterocycles. The van der Waals surface area contributed by atoms with Crippen molar-refractivity contribution in [2.75, 3.05) is 18.5 Å². The zero-order valence-electron chi connectivity index (χ0n) is 15.1. The molecule has 0 heterocycles. The number of anilines is 1. The number of carbonyl (C=O) groups excluding carboxylic acids is 1. The van der Waals surface area contributed by atoms with Gasteiger partial charge in [-0.25, -0.2) is 13.1 Å². The average Bonchev–Trinajstić information content (AvgIpc) is 2.57. The third-order valence-corrected chi connectivity index (χ3v) is 4.89. The molecule has 2 N–H and O–H groups in total. The van der Waals surface area contributed by atoms with Crippen LogP contribution in [0.15, 0.2) is 47.4 Å². The highest BCUT2D eigenvalue weighted by Crippen LogP contribution is 2.18. The largest absolute Gasteiger partial charge is 0.484 e. The first kappa shape index (κ1) is 21.7. The molecule has 1 amide bonds. The van der Waals surface area contributed by atoms with E-state index in [4.69, 9.17) is 4.74 Å². The molecular weight excluding hydrogens is 397 g/mol.